The molecule has 0 unspecified atom stereocenters. The van der Waals surface area contributed by atoms with Crippen LogP contribution in [-0.4, -0.2) is 31.3 Å². The number of aromatic nitrogens is 5. The Labute approximate surface area is 216 Å². The van der Waals surface area contributed by atoms with Crippen molar-refractivity contribution in [2.24, 2.45) is 0 Å². The second-order valence-corrected chi connectivity index (χ2v) is 10.4. The number of fused-ring (bicyclic) bond motifs is 2. The van der Waals surface area contributed by atoms with Crippen LogP contribution in [0.15, 0.2) is 48.9 Å². The average molecular weight is 495 g/mol. The number of hydrogen-bond donors (Lipinski definition) is 1. The summed E-state index contributed by atoms with van der Waals surface area (Å²) in [4.78, 5) is 14.8. The van der Waals surface area contributed by atoms with E-state index in [-0.39, 0.29) is 5.82 Å². The van der Waals surface area contributed by atoms with Gasteiger partial charge < -0.3 is 9.88 Å². The van der Waals surface area contributed by atoms with Gasteiger partial charge in [-0.2, -0.15) is 5.10 Å². The summed E-state index contributed by atoms with van der Waals surface area (Å²) in [7, 11) is 0. The van der Waals surface area contributed by atoms with E-state index >= 15 is 4.39 Å². The highest BCUT2D eigenvalue weighted by atomic mass is 19.1. The predicted molar refractivity (Wildman–Crippen MR) is 146 cm³/mol. The largest absolute Gasteiger partial charge is 0.361 e. The van der Waals surface area contributed by atoms with Crippen molar-refractivity contribution in [1.29, 1.82) is 0 Å². The van der Waals surface area contributed by atoms with Gasteiger partial charge in [0.1, 0.15) is 5.82 Å². The third kappa shape index (κ3) is 3.80. The number of halogens is 1. The fraction of sp³-hybridized carbons (Fsp3) is 0.300. The molecular weight excluding hydrogens is 463 g/mol. The summed E-state index contributed by atoms with van der Waals surface area (Å²) in [5, 5.41) is 5.97. The quantitative estimate of drug-likeness (QED) is 0.307. The van der Waals surface area contributed by atoms with Crippen molar-refractivity contribution in [3.63, 3.8) is 0 Å². The number of nitrogens with one attached hydrogen (secondary N) is 1. The van der Waals surface area contributed by atoms with Crippen LogP contribution in [0.2, 0.25) is 0 Å². The number of anilines is 1. The molecule has 0 spiro atoms. The van der Waals surface area contributed by atoms with Gasteiger partial charge in [-0.25, -0.2) is 19.0 Å². The zero-order valence-electron chi connectivity index (χ0n) is 21.9. The number of benzene rings is 2. The van der Waals surface area contributed by atoms with Crippen molar-refractivity contribution < 1.29 is 4.39 Å². The van der Waals surface area contributed by atoms with E-state index in [1.54, 1.807) is 6.07 Å². The molecule has 1 N–H and O–H groups in total. The zero-order chi connectivity index (χ0) is 25.8. The second-order valence-electron chi connectivity index (χ2n) is 10.4. The number of nitrogens with zero attached hydrogens (tertiary/aromatic N) is 5. The topological polar surface area (TPSA) is 62.6 Å². The van der Waals surface area contributed by atoms with Crippen molar-refractivity contribution in [3.05, 3.63) is 88.3 Å². The van der Waals surface area contributed by atoms with E-state index in [4.69, 9.17) is 5.10 Å². The molecule has 0 aliphatic carbocycles. The Balaban J connectivity index is 1.58. The lowest BCUT2D eigenvalue weighted by atomic mass is 9.96. The minimum atomic E-state index is -0.241. The van der Waals surface area contributed by atoms with E-state index in [0.717, 1.165) is 68.8 Å². The Bertz CT molecular complexity index is 1610. The molecule has 5 aromatic rings. The normalized spacial score (nSPS) is 13.5. The molecule has 1 aliphatic rings. The molecule has 0 saturated carbocycles. The van der Waals surface area contributed by atoms with Gasteiger partial charge in [-0.1, -0.05) is 32.0 Å². The summed E-state index contributed by atoms with van der Waals surface area (Å²) in [5.41, 5.74) is 9.54. The first-order valence-electron chi connectivity index (χ1n) is 12.8. The maximum Gasteiger partial charge on any atom is 0.225 e. The SMILES string of the molecule is Cc1cccc(C)c1-n1nc2c(c1-c1c(F)cc(C)c3[nH]ccc13)CN(c1ncc(C(C)C)cn1)CC2. The number of hydrogen-bond acceptors (Lipinski definition) is 4. The van der Waals surface area contributed by atoms with Crippen LogP contribution in [0.5, 0.6) is 0 Å². The van der Waals surface area contributed by atoms with Crippen molar-refractivity contribution in [1.82, 2.24) is 24.7 Å². The van der Waals surface area contributed by atoms with Crippen molar-refractivity contribution in [3.8, 4) is 16.9 Å². The van der Waals surface area contributed by atoms with Crippen LogP contribution in [0.1, 0.15) is 53.3 Å². The van der Waals surface area contributed by atoms with Gasteiger partial charge in [-0.3, -0.25) is 0 Å². The van der Waals surface area contributed by atoms with E-state index < -0.39 is 0 Å². The number of para-hydroxylation sites is 1. The molecule has 7 heteroatoms. The molecule has 2 aromatic carbocycles. The van der Waals surface area contributed by atoms with Crippen LogP contribution in [-0.2, 0) is 13.0 Å². The highest BCUT2D eigenvalue weighted by Crippen LogP contribution is 2.40. The Hall–Kier alpha value is -4.00. The monoisotopic (exact) mass is 494 g/mol. The van der Waals surface area contributed by atoms with Gasteiger partial charge in [-0.05, 0) is 61.1 Å². The molecule has 188 valence electrons. The van der Waals surface area contributed by atoms with E-state index in [1.165, 1.54) is 0 Å². The molecular formula is C30H31FN6. The van der Waals surface area contributed by atoms with Crippen LogP contribution in [0, 0.1) is 26.6 Å². The summed E-state index contributed by atoms with van der Waals surface area (Å²) in [6.45, 7) is 11.7. The summed E-state index contributed by atoms with van der Waals surface area (Å²) >= 11 is 0. The van der Waals surface area contributed by atoms with Crippen molar-refractivity contribution >= 4 is 16.9 Å². The summed E-state index contributed by atoms with van der Waals surface area (Å²) in [6, 6.07) is 9.80. The lowest BCUT2D eigenvalue weighted by Gasteiger charge is -2.27. The summed E-state index contributed by atoms with van der Waals surface area (Å²) in [6.07, 6.45) is 6.43. The van der Waals surface area contributed by atoms with E-state index in [9.17, 15) is 0 Å². The fourth-order valence-electron chi connectivity index (χ4n) is 5.50. The lowest BCUT2D eigenvalue weighted by Crippen LogP contribution is -2.31. The van der Waals surface area contributed by atoms with Gasteiger partial charge in [0.15, 0.2) is 0 Å². The van der Waals surface area contributed by atoms with Crippen molar-refractivity contribution in [2.45, 2.75) is 53.5 Å². The molecule has 0 bridgehead atoms. The first-order valence-corrected chi connectivity index (χ1v) is 12.8. The minimum absolute atomic E-state index is 0.241. The first-order chi connectivity index (χ1) is 17.8. The standard InChI is InChI=1S/C30H31FN6/c1-17(2)21-14-33-30(34-15-21)36-12-10-25-23(16-36)29(37(35-25)28-18(3)7-6-8-19(28)4)26-22-9-11-32-27(22)20(5)13-24(26)31/h6-9,11,13-15,17,32H,10,12,16H2,1-5H3. The zero-order valence-corrected chi connectivity index (χ0v) is 21.9. The summed E-state index contributed by atoms with van der Waals surface area (Å²) < 4.78 is 17.9. The van der Waals surface area contributed by atoms with Gasteiger partial charge in [-0.15, -0.1) is 0 Å². The van der Waals surface area contributed by atoms with Crippen LogP contribution >= 0.6 is 0 Å². The Morgan fingerprint density at radius 1 is 1.00 bits per heavy atom. The molecule has 0 saturated heterocycles. The van der Waals surface area contributed by atoms with E-state index in [0.29, 0.717) is 24.0 Å². The minimum Gasteiger partial charge on any atom is -0.361 e. The lowest BCUT2D eigenvalue weighted by molar-refractivity contribution is 0.630. The molecule has 0 fully saturated rings. The van der Waals surface area contributed by atoms with Crippen molar-refractivity contribution in [2.75, 3.05) is 11.4 Å². The van der Waals surface area contributed by atoms with Gasteiger partial charge >= 0.3 is 0 Å². The fourth-order valence-corrected chi connectivity index (χ4v) is 5.50. The summed E-state index contributed by atoms with van der Waals surface area (Å²) in [5.74, 6) is 0.823. The van der Waals surface area contributed by atoms with E-state index in [1.807, 2.05) is 42.3 Å². The van der Waals surface area contributed by atoms with Gasteiger partial charge in [0.05, 0.1) is 17.1 Å². The average Bonchev–Trinajstić information content (AvgIpc) is 3.50. The van der Waals surface area contributed by atoms with Crippen LogP contribution < -0.4 is 4.90 Å². The van der Waals surface area contributed by atoms with Crippen LogP contribution in [0.3, 0.4) is 0 Å². The maximum absolute atomic E-state index is 15.9. The maximum atomic E-state index is 15.9. The second kappa shape index (κ2) is 8.83. The molecule has 6 rings (SSSR count). The number of aryl methyl sites for hydroxylation is 3. The predicted octanol–water partition coefficient (Wildman–Crippen LogP) is 6.56. The van der Waals surface area contributed by atoms with Gasteiger partial charge in [0.2, 0.25) is 5.95 Å². The molecule has 4 heterocycles. The number of rotatable bonds is 4. The Morgan fingerprint density at radius 2 is 1.73 bits per heavy atom. The van der Waals surface area contributed by atoms with E-state index in [2.05, 4.69) is 59.7 Å². The Kier molecular flexibility index (Phi) is 5.59. The molecule has 3 aromatic heterocycles. The van der Waals surface area contributed by atoms with Crippen LogP contribution in [0.4, 0.5) is 10.3 Å². The van der Waals surface area contributed by atoms with Crippen LogP contribution in [0.25, 0.3) is 27.8 Å². The molecule has 0 amide bonds. The third-order valence-corrected chi connectivity index (χ3v) is 7.52. The molecule has 37 heavy (non-hydrogen) atoms. The number of H-pyrrole nitrogens is 1. The molecule has 0 radical (unpaired) electrons. The van der Waals surface area contributed by atoms with Gasteiger partial charge in [0, 0.05) is 60.1 Å². The highest BCUT2D eigenvalue weighted by molar-refractivity contribution is 5.97. The third-order valence-electron chi connectivity index (χ3n) is 7.52. The molecule has 1 aliphatic heterocycles. The molecule has 0 atom stereocenters. The first kappa shape index (κ1) is 23.4. The smallest absolute Gasteiger partial charge is 0.225 e. The molecule has 6 nitrogen and oxygen atoms in total. The number of aromatic amines is 1. The Morgan fingerprint density at radius 3 is 2.43 bits per heavy atom. The highest BCUT2D eigenvalue weighted by Gasteiger charge is 2.30. The van der Waals surface area contributed by atoms with Gasteiger partial charge in [0.25, 0.3) is 0 Å².